The highest BCUT2D eigenvalue weighted by Crippen LogP contribution is 2.28. The number of rotatable bonds is 5. The van der Waals surface area contributed by atoms with Crippen LogP contribution < -0.4 is 15.8 Å². The van der Waals surface area contributed by atoms with Gasteiger partial charge in [0.1, 0.15) is 11.6 Å². The Kier molecular flexibility index (Phi) is 5.13. The summed E-state index contributed by atoms with van der Waals surface area (Å²) in [6.07, 6.45) is 0. The minimum Gasteiger partial charge on any atom is -0.496 e. The average molecular weight is 325 g/mol. The van der Waals surface area contributed by atoms with Crippen molar-refractivity contribution in [2.45, 2.75) is 19.9 Å². The third-order valence-corrected chi connectivity index (χ3v) is 3.90. The van der Waals surface area contributed by atoms with E-state index in [4.69, 9.17) is 22.1 Å². The lowest BCUT2D eigenvalue weighted by molar-refractivity contribution is 0.0955. The van der Waals surface area contributed by atoms with E-state index in [1.807, 2.05) is 0 Å². The van der Waals surface area contributed by atoms with Crippen LogP contribution in [0, 0.1) is 0 Å². The topological polar surface area (TPSA) is 80.0 Å². The Morgan fingerprint density at radius 2 is 2.32 bits per heavy atom. The van der Waals surface area contributed by atoms with E-state index >= 15 is 0 Å². The molecule has 3 N–H and O–H groups in total. The summed E-state index contributed by atoms with van der Waals surface area (Å²) in [5, 5.41) is 3.18. The molecule has 0 spiro atoms. The van der Waals surface area contributed by atoms with Crippen molar-refractivity contribution in [1.29, 1.82) is 0 Å². The molecule has 0 radical (unpaired) electrons. The second-order valence-corrected chi connectivity index (χ2v) is 5.60. The summed E-state index contributed by atoms with van der Waals surface area (Å²) < 4.78 is 5.19. The number of hydrogen-bond donors (Lipinski definition) is 2. The molecule has 2 rings (SSSR count). The summed E-state index contributed by atoms with van der Waals surface area (Å²) in [5.74, 6) is 1.02. The number of likely N-dealkylation sites (N-methyl/N-ethyl adjacent to an activating group) is 1. The van der Waals surface area contributed by atoms with Crippen molar-refractivity contribution in [3.8, 4) is 5.75 Å². The maximum absolute atomic E-state index is 12.4. The molecular formula is C15H21ClN4O2. The molecular weight excluding hydrogens is 304 g/mol. The number of benzene rings is 1. The molecule has 1 aliphatic rings. The number of nitrogens with two attached hydrogens (primary N) is 1. The van der Waals surface area contributed by atoms with Gasteiger partial charge in [0.25, 0.3) is 5.91 Å². The Balaban J connectivity index is 2.10. The zero-order valence-electron chi connectivity index (χ0n) is 13.0. The second kappa shape index (κ2) is 6.87. The SMILES string of the molecule is CCN1CC(C)N=C1CNC(=O)c1cc(Cl)c(N)cc1OC. The molecule has 7 heteroatoms. The molecule has 1 unspecified atom stereocenters. The molecule has 0 bridgehead atoms. The molecule has 1 heterocycles. The van der Waals surface area contributed by atoms with Gasteiger partial charge >= 0.3 is 0 Å². The number of amidine groups is 1. The Morgan fingerprint density at radius 3 is 2.95 bits per heavy atom. The summed E-state index contributed by atoms with van der Waals surface area (Å²) in [5.41, 5.74) is 6.45. The van der Waals surface area contributed by atoms with Crippen LogP contribution in [0.2, 0.25) is 5.02 Å². The molecule has 0 fully saturated rings. The Morgan fingerprint density at radius 1 is 1.59 bits per heavy atom. The van der Waals surface area contributed by atoms with E-state index in [1.165, 1.54) is 13.2 Å². The van der Waals surface area contributed by atoms with E-state index in [0.717, 1.165) is 18.9 Å². The normalized spacial score (nSPS) is 17.4. The van der Waals surface area contributed by atoms with Crippen molar-refractivity contribution in [1.82, 2.24) is 10.2 Å². The van der Waals surface area contributed by atoms with E-state index in [1.54, 1.807) is 6.07 Å². The first kappa shape index (κ1) is 16.4. The lowest BCUT2D eigenvalue weighted by atomic mass is 10.1. The first-order chi connectivity index (χ1) is 10.5. The quantitative estimate of drug-likeness (QED) is 0.809. The molecule has 0 aliphatic carbocycles. The van der Waals surface area contributed by atoms with E-state index in [0.29, 0.717) is 28.6 Å². The van der Waals surface area contributed by atoms with Crippen molar-refractivity contribution >= 4 is 29.0 Å². The third kappa shape index (κ3) is 3.44. The van der Waals surface area contributed by atoms with Gasteiger partial charge in [-0.1, -0.05) is 11.6 Å². The van der Waals surface area contributed by atoms with Crippen LogP contribution in [-0.4, -0.2) is 49.4 Å². The van der Waals surface area contributed by atoms with Gasteiger partial charge in [-0.2, -0.15) is 0 Å². The number of aliphatic imine (C=N–C) groups is 1. The molecule has 1 amide bonds. The highest BCUT2D eigenvalue weighted by molar-refractivity contribution is 6.33. The van der Waals surface area contributed by atoms with Gasteiger partial charge in [-0.25, -0.2) is 0 Å². The molecule has 1 aliphatic heterocycles. The van der Waals surface area contributed by atoms with Crippen LogP contribution in [0.4, 0.5) is 5.69 Å². The van der Waals surface area contributed by atoms with Crippen LogP contribution in [0.25, 0.3) is 0 Å². The van der Waals surface area contributed by atoms with Gasteiger partial charge in [-0.3, -0.25) is 9.79 Å². The van der Waals surface area contributed by atoms with Crippen LogP contribution in [0.3, 0.4) is 0 Å². The number of hydrogen-bond acceptors (Lipinski definition) is 5. The smallest absolute Gasteiger partial charge is 0.255 e. The van der Waals surface area contributed by atoms with Crippen LogP contribution in [-0.2, 0) is 0 Å². The Labute approximate surface area is 135 Å². The van der Waals surface area contributed by atoms with Gasteiger partial charge in [0.15, 0.2) is 0 Å². The first-order valence-corrected chi connectivity index (χ1v) is 7.56. The fourth-order valence-electron chi connectivity index (χ4n) is 2.44. The highest BCUT2D eigenvalue weighted by atomic mass is 35.5. The number of ether oxygens (including phenoxy) is 1. The number of carbonyl (C=O) groups is 1. The summed E-state index contributed by atoms with van der Waals surface area (Å²) in [4.78, 5) is 19.0. The Bertz CT molecular complexity index is 603. The number of nitrogens with zero attached hydrogens (tertiary/aromatic N) is 2. The number of carbonyl (C=O) groups excluding carboxylic acids is 1. The molecule has 22 heavy (non-hydrogen) atoms. The molecule has 0 saturated heterocycles. The molecule has 1 aromatic rings. The lowest BCUT2D eigenvalue weighted by Gasteiger charge is -2.19. The number of nitrogen functional groups attached to an aromatic ring is 1. The van der Waals surface area contributed by atoms with Crippen LogP contribution in [0.5, 0.6) is 5.75 Å². The highest BCUT2D eigenvalue weighted by Gasteiger charge is 2.22. The van der Waals surface area contributed by atoms with Crippen molar-refractivity contribution in [3.63, 3.8) is 0 Å². The standard InChI is InChI=1S/C15H21ClN4O2/c1-4-20-8-9(2)19-14(20)7-18-15(21)10-5-11(16)12(17)6-13(10)22-3/h5-6,9H,4,7-8,17H2,1-3H3,(H,18,21). The van der Waals surface area contributed by atoms with Gasteiger partial charge in [0, 0.05) is 19.2 Å². The maximum Gasteiger partial charge on any atom is 0.255 e. The van der Waals surface area contributed by atoms with E-state index in [-0.39, 0.29) is 11.9 Å². The number of methoxy groups -OCH3 is 1. The maximum atomic E-state index is 12.4. The number of anilines is 1. The number of amides is 1. The molecule has 6 nitrogen and oxygen atoms in total. The van der Waals surface area contributed by atoms with Crippen LogP contribution >= 0.6 is 11.6 Å². The van der Waals surface area contributed by atoms with Gasteiger partial charge in [-0.15, -0.1) is 0 Å². The predicted octanol–water partition coefficient (Wildman–Crippen LogP) is 1.78. The molecule has 1 aromatic carbocycles. The van der Waals surface area contributed by atoms with E-state index in [9.17, 15) is 4.79 Å². The minimum atomic E-state index is -0.267. The van der Waals surface area contributed by atoms with Gasteiger partial charge in [-0.05, 0) is 19.9 Å². The number of halogens is 1. The fraction of sp³-hybridized carbons (Fsp3) is 0.467. The zero-order chi connectivity index (χ0) is 16.3. The Hall–Kier alpha value is -1.95. The molecule has 120 valence electrons. The summed E-state index contributed by atoms with van der Waals surface area (Å²) in [6.45, 7) is 6.26. The largest absolute Gasteiger partial charge is 0.496 e. The minimum absolute atomic E-state index is 0.257. The van der Waals surface area contributed by atoms with Crippen LogP contribution in [0.15, 0.2) is 17.1 Å². The van der Waals surface area contributed by atoms with Gasteiger partial charge in [0.05, 0.1) is 36.0 Å². The fourth-order valence-corrected chi connectivity index (χ4v) is 2.60. The third-order valence-electron chi connectivity index (χ3n) is 3.57. The van der Waals surface area contributed by atoms with Crippen molar-refractivity contribution < 1.29 is 9.53 Å². The molecule has 0 saturated carbocycles. The number of nitrogens with one attached hydrogen (secondary N) is 1. The van der Waals surface area contributed by atoms with Crippen molar-refractivity contribution in [2.24, 2.45) is 4.99 Å². The second-order valence-electron chi connectivity index (χ2n) is 5.19. The molecule has 0 aromatic heterocycles. The summed E-state index contributed by atoms with van der Waals surface area (Å²) in [6, 6.07) is 3.32. The zero-order valence-corrected chi connectivity index (χ0v) is 13.8. The summed E-state index contributed by atoms with van der Waals surface area (Å²) >= 11 is 5.99. The lowest BCUT2D eigenvalue weighted by Crippen LogP contribution is -2.38. The van der Waals surface area contributed by atoms with Gasteiger partial charge in [0.2, 0.25) is 0 Å². The van der Waals surface area contributed by atoms with Crippen molar-refractivity contribution in [3.05, 3.63) is 22.7 Å². The van der Waals surface area contributed by atoms with Crippen LogP contribution in [0.1, 0.15) is 24.2 Å². The van der Waals surface area contributed by atoms with Crippen molar-refractivity contribution in [2.75, 3.05) is 32.5 Å². The first-order valence-electron chi connectivity index (χ1n) is 7.19. The predicted molar refractivity (Wildman–Crippen MR) is 88.9 cm³/mol. The molecule has 1 atom stereocenters. The van der Waals surface area contributed by atoms with Gasteiger partial charge < -0.3 is 20.7 Å². The monoisotopic (exact) mass is 324 g/mol. The van der Waals surface area contributed by atoms with E-state index in [2.05, 4.69) is 29.1 Å². The van der Waals surface area contributed by atoms with E-state index < -0.39 is 0 Å². The summed E-state index contributed by atoms with van der Waals surface area (Å²) in [7, 11) is 1.49. The average Bonchev–Trinajstić information content (AvgIpc) is 2.87.